The van der Waals surface area contributed by atoms with Gasteiger partial charge in [-0.15, -0.1) is 0 Å². The van der Waals surface area contributed by atoms with E-state index < -0.39 is 29.9 Å². The van der Waals surface area contributed by atoms with E-state index in [0.29, 0.717) is 11.4 Å². The van der Waals surface area contributed by atoms with Crippen LogP contribution in [-0.4, -0.2) is 46.4 Å². The third kappa shape index (κ3) is 1.69. The maximum atomic E-state index is 11.7. The molecule has 0 bridgehead atoms. The summed E-state index contributed by atoms with van der Waals surface area (Å²) >= 11 is 0. The number of nitrogens with one attached hydrogen (secondary N) is 1. The van der Waals surface area contributed by atoms with Gasteiger partial charge < -0.3 is 10.4 Å². The Kier molecular flexibility index (Phi) is 2.37. The van der Waals surface area contributed by atoms with E-state index in [1.807, 2.05) is 0 Å². The highest BCUT2D eigenvalue weighted by Gasteiger charge is 2.37. The SMILES string of the molecule is O=C1C=CC(=O)N1C(=O)C1CC(O)CN1. The van der Waals surface area contributed by atoms with E-state index in [9.17, 15) is 19.5 Å². The van der Waals surface area contributed by atoms with Gasteiger partial charge in [-0.25, -0.2) is 4.90 Å². The average molecular weight is 210 g/mol. The van der Waals surface area contributed by atoms with Crippen LogP contribution in [0.4, 0.5) is 0 Å². The van der Waals surface area contributed by atoms with Crippen LogP contribution in [0.25, 0.3) is 0 Å². The van der Waals surface area contributed by atoms with Crippen molar-refractivity contribution in [2.24, 2.45) is 0 Å². The summed E-state index contributed by atoms with van der Waals surface area (Å²) in [6.45, 7) is 0.306. The highest BCUT2D eigenvalue weighted by molar-refractivity contribution is 6.23. The topological polar surface area (TPSA) is 86.7 Å². The predicted octanol–water partition coefficient (Wildman–Crippen LogP) is -1.84. The second-order valence-corrected chi connectivity index (χ2v) is 3.53. The standard InChI is InChI=1S/C9H10N2O4/c12-5-3-6(10-4-5)9(15)11-7(13)1-2-8(11)14/h1-2,5-6,10,12H,3-4H2. The predicted molar refractivity (Wildman–Crippen MR) is 48.4 cm³/mol. The van der Waals surface area contributed by atoms with E-state index in [-0.39, 0.29) is 6.42 Å². The van der Waals surface area contributed by atoms with Gasteiger partial charge in [0.15, 0.2) is 0 Å². The Morgan fingerprint density at radius 3 is 2.47 bits per heavy atom. The zero-order valence-corrected chi connectivity index (χ0v) is 7.84. The molecule has 0 aromatic carbocycles. The normalized spacial score (nSPS) is 30.3. The number of carbonyl (C=O) groups excluding carboxylic acids is 3. The summed E-state index contributed by atoms with van der Waals surface area (Å²) in [4.78, 5) is 34.6. The number of imide groups is 3. The van der Waals surface area contributed by atoms with Crippen LogP contribution in [0.3, 0.4) is 0 Å². The van der Waals surface area contributed by atoms with Gasteiger partial charge in [0.05, 0.1) is 12.1 Å². The minimum Gasteiger partial charge on any atom is -0.392 e. The van der Waals surface area contributed by atoms with Crippen LogP contribution in [0, 0.1) is 0 Å². The van der Waals surface area contributed by atoms with Crippen molar-refractivity contribution >= 4 is 17.7 Å². The molecule has 1 fully saturated rings. The largest absolute Gasteiger partial charge is 0.392 e. The van der Waals surface area contributed by atoms with Gasteiger partial charge in [-0.1, -0.05) is 0 Å². The first kappa shape index (κ1) is 10.0. The van der Waals surface area contributed by atoms with Crippen molar-refractivity contribution in [3.63, 3.8) is 0 Å². The Morgan fingerprint density at radius 2 is 2.00 bits per heavy atom. The number of nitrogens with zero attached hydrogens (tertiary/aromatic N) is 1. The molecule has 3 amide bonds. The molecule has 2 unspecified atom stereocenters. The minimum absolute atomic E-state index is 0.232. The molecule has 15 heavy (non-hydrogen) atoms. The number of β-amino-alcohol motifs (C(OH)–C–C–N with tert-alkyl or cyclic N) is 1. The molecule has 2 aliphatic rings. The van der Waals surface area contributed by atoms with Crippen LogP contribution in [0.15, 0.2) is 12.2 Å². The van der Waals surface area contributed by atoms with Gasteiger partial charge >= 0.3 is 0 Å². The Balaban J connectivity index is 2.08. The Hall–Kier alpha value is -1.53. The van der Waals surface area contributed by atoms with Crippen molar-refractivity contribution < 1.29 is 19.5 Å². The number of aliphatic hydroxyl groups is 1. The van der Waals surface area contributed by atoms with E-state index in [2.05, 4.69) is 5.32 Å². The summed E-state index contributed by atoms with van der Waals surface area (Å²) in [6.07, 6.45) is 1.76. The Bertz CT molecular complexity index is 345. The molecule has 80 valence electrons. The number of carbonyl (C=O) groups is 3. The fraction of sp³-hybridized carbons (Fsp3) is 0.444. The van der Waals surface area contributed by atoms with Gasteiger partial charge in [0, 0.05) is 18.7 Å². The molecule has 2 N–H and O–H groups in total. The zero-order valence-electron chi connectivity index (χ0n) is 7.84. The maximum absolute atomic E-state index is 11.7. The first-order chi connectivity index (χ1) is 7.09. The highest BCUT2D eigenvalue weighted by Crippen LogP contribution is 2.13. The fourth-order valence-electron chi connectivity index (χ4n) is 1.68. The number of rotatable bonds is 1. The van der Waals surface area contributed by atoms with E-state index in [0.717, 1.165) is 12.2 Å². The molecule has 0 spiro atoms. The van der Waals surface area contributed by atoms with Gasteiger partial charge in [-0.05, 0) is 6.42 Å². The van der Waals surface area contributed by atoms with Crippen molar-refractivity contribution in [1.29, 1.82) is 0 Å². The van der Waals surface area contributed by atoms with Gasteiger partial charge in [-0.2, -0.15) is 0 Å². The van der Waals surface area contributed by atoms with Gasteiger partial charge in [-0.3, -0.25) is 14.4 Å². The smallest absolute Gasteiger partial charge is 0.260 e. The van der Waals surface area contributed by atoms with Crippen LogP contribution in [0.1, 0.15) is 6.42 Å². The lowest BCUT2D eigenvalue weighted by molar-refractivity contribution is -0.149. The molecule has 2 aliphatic heterocycles. The second kappa shape index (κ2) is 3.56. The van der Waals surface area contributed by atoms with Gasteiger partial charge in [0.2, 0.25) is 0 Å². The fourth-order valence-corrected chi connectivity index (χ4v) is 1.68. The molecular formula is C9H10N2O4. The molecule has 0 aliphatic carbocycles. The van der Waals surface area contributed by atoms with Crippen molar-refractivity contribution in [1.82, 2.24) is 10.2 Å². The van der Waals surface area contributed by atoms with E-state index in [1.165, 1.54) is 0 Å². The highest BCUT2D eigenvalue weighted by atomic mass is 16.3. The molecule has 1 saturated heterocycles. The lowest BCUT2D eigenvalue weighted by atomic mass is 10.2. The lowest BCUT2D eigenvalue weighted by Crippen LogP contribution is -2.46. The summed E-state index contributed by atoms with van der Waals surface area (Å²) in [5.74, 6) is -1.83. The summed E-state index contributed by atoms with van der Waals surface area (Å²) in [5, 5.41) is 12.0. The molecule has 0 saturated carbocycles. The molecule has 6 heteroatoms. The molecule has 2 rings (SSSR count). The van der Waals surface area contributed by atoms with Crippen LogP contribution in [0.5, 0.6) is 0 Å². The summed E-state index contributed by atoms with van der Waals surface area (Å²) in [5.41, 5.74) is 0. The third-order valence-electron chi connectivity index (χ3n) is 2.44. The van der Waals surface area contributed by atoms with Crippen molar-refractivity contribution in [3.05, 3.63) is 12.2 Å². The number of hydrogen-bond donors (Lipinski definition) is 2. The molecular weight excluding hydrogens is 200 g/mol. The maximum Gasteiger partial charge on any atom is 0.260 e. The first-order valence-electron chi connectivity index (χ1n) is 4.61. The molecule has 0 aromatic heterocycles. The van der Waals surface area contributed by atoms with Crippen molar-refractivity contribution in [2.45, 2.75) is 18.6 Å². The molecule has 0 aromatic rings. The summed E-state index contributed by atoms with van der Waals surface area (Å²) in [6, 6.07) is -0.646. The summed E-state index contributed by atoms with van der Waals surface area (Å²) < 4.78 is 0. The number of amides is 3. The van der Waals surface area contributed by atoms with Crippen LogP contribution >= 0.6 is 0 Å². The first-order valence-corrected chi connectivity index (χ1v) is 4.61. The number of hydrogen-bond acceptors (Lipinski definition) is 5. The second-order valence-electron chi connectivity index (χ2n) is 3.53. The minimum atomic E-state index is -0.646. The Labute approximate surface area is 85.5 Å². The van der Waals surface area contributed by atoms with E-state index in [1.54, 1.807) is 0 Å². The van der Waals surface area contributed by atoms with E-state index >= 15 is 0 Å². The third-order valence-corrected chi connectivity index (χ3v) is 2.44. The Morgan fingerprint density at radius 1 is 1.40 bits per heavy atom. The van der Waals surface area contributed by atoms with Crippen molar-refractivity contribution in [3.8, 4) is 0 Å². The lowest BCUT2D eigenvalue weighted by Gasteiger charge is -2.16. The molecule has 2 heterocycles. The van der Waals surface area contributed by atoms with Crippen LogP contribution in [0.2, 0.25) is 0 Å². The quantitative estimate of drug-likeness (QED) is 0.497. The van der Waals surface area contributed by atoms with Gasteiger partial charge in [0.25, 0.3) is 17.7 Å². The van der Waals surface area contributed by atoms with E-state index in [4.69, 9.17) is 0 Å². The van der Waals surface area contributed by atoms with Crippen LogP contribution in [-0.2, 0) is 14.4 Å². The molecule has 2 atom stereocenters. The van der Waals surface area contributed by atoms with Crippen molar-refractivity contribution in [2.75, 3.05) is 6.54 Å². The number of aliphatic hydroxyl groups excluding tert-OH is 1. The van der Waals surface area contributed by atoms with Gasteiger partial charge in [0.1, 0.15) is 0 Å². The van der Waals surface area contributed by atoms with Crippen LogP contribution < -0.4 is 5.32 Å². The summed E-state index contributed by atoms with van der Waals surface area (Å²) in [7, 11) is 0. The average Bonchev–Trinajstić information content (AvgIpc) is 2.73. The monoisotopic (exact) mass is 210 g/mol. The molecule has 6 nitrogen and oxygen atoms in total. The molecule has 0 radical (unpaired) electrons. The zero-order chi connectivity index (χ0) is 11.0.